The van der Waals surface area contributed by atoms with E-state index in [9.17, 15) is 4.79 Å². The maximum atomic E-state index is 12.3. The highest BCUT2D eigenvalue weighted by atomic mass is 16.5. The SMILES string of the molecule is CCOc1cc2c(cc1/C=C/C(=O)NCCc1cnn(-c3ccccc3)c1)OC(C)C2. The van der Waals surface area contributed by atoms with E-state index in [-0.39, 0.29) is 12.0 Å². The van der Waals surface area contributed by atoms with E-state index in [4.69, 9.17) is 9.47 Å². The van der Waals surface area contributed by atoms with Crippen LogP contribution in [0.4, 0.5) is 0 Å². The molecule has 1 atom stereocenters. The van der Waals surface area contributed by atoms with Gasteiger partial charge in [-0.05, 0) is 56.2 Å². The van der Waals surface area contributed by atoms with Crippen LogP contribution in [0.5, 0.6) is 11.5 Å². The van der Waals surface area contributed by atoms with E-state index < -0.39 is 0 Å². The normalized spacial score (nSPS) is 15.0. The minimum absolute atomic E-state index is 0.146. The zero-order chi connectivity index (χ0) is 21.6. The van der Waals surface area contributed by atoms with Crippen molar-refractivity contribution in [1.29, 1.82) is 0 Å². The lowest BCUT2D eigenvalue weighted by molar-refractivity contribution is -0.116. The van der Waals surface area contributed by atoms with E-state index >= 15 is 0 Å². The fourth-order valence-corrected chi connectivity index (χ4v) is 3.63. The van der Waals surface area contributed by atoms with Gasteiger partial charge >= 0.3 is 0 Å². The van der Waals surface area contributed by atoms with Gasteiger partial charge in [0.1, 0.15) is 17.6 Å². The minimum Gasteiger partial charge on any atom is -0.493 e. The standard InChI is InChI=1S/C25H27N3O3/c1-3-30-23-15-21-13-18(2)31-24(21)14-20(23)9-10-25(29)26-12-11-19-16-27-28(17-19)22-7-5-4-6-8-22/h4-10,14-18H,3,11-13H2,1-2H3,(H,26,29)/b10-9+. The van der Waals surface area contributed by atoms with Crippen LogP contribution in [0.15, 0.2) is 60.9 Å². The minimum atomic E-state index is -0.146. The number of hydrogen-bond acceptors (Lipinski definition) is 4. The number of carbonyl (C=O) groups is 1. The van der Waals surface area contributed by atoms with Crippen molar-refractivity contribution in [1.82, 2.24) is 15.1 Å². The summed E-state index contributed by atoms with van der Waals surface area (Å²) in [5.74, 6) is 1.50. The molecule has 4 rings (SSSR count). The number of fused-ring (bicyclic) bond motifs is 1. The van der Waals surface area contributed by atoms with Crippen LogP contribution < -0.4 is 14.8 Å². The fourth-order valence-electron chi connectivity index (χ4n) is 3.63. The average Bonchev–Trinajstić information content (AvgIpc) is 3.38. The molecule has 31 heavy (non-hydrogen) atoms. The van der Waals surface area contributed by atoms with Gasteiger partial charge in [0.25, 0.3) is 0 Å². The molecule has 1 N–H and O–H groups in total. The number of aromatic nitrogens is 2. The molecule has 160 valence electrons. The molecule has 2 heterocycles. The fraction of sp³-hybridized carbons (Fsp3) is 0.280. The molecule has 1 amide bonds. The van der Waals surface area contributed by atoms with Gasteiger partial charge in [-0.3, -0.25) is 4.79 Å². The Balaban J connectivity index is 1.33. The molecule has 3 aromatic rings. The van der Waals surface area contributed by atoms with E-state index in [0.29, 0.717) is 19.6 Å². The van der Waals surface area contributed by atoms with Crippen LogP contribution >= 0.6 is 0 Å². The monoisotopic (exact) mass is 417 g/mol. The molecule has 0 bridgehead atoms. The Kier molecular flexibility index (Phi) is 6.36. The van der Waals surface area contributed by atoms with Crippen molar-refractivity contribution >= 4 is 12.0 Å². The molecule has 1 aliphatic heterocycles. The summed E-state index contributed by atoms with van der Waals surface area (Å²) in [6.45, 7) is 5.10. The summed E-state index contributed by atoms with van der Waals surface area (Å²) in [7, 11) is 0. The number of benzene rings is 2. The number of amides is 1. The average molecular weight is 418 g/mol. The Morgan fingerprint density at radius 3 is 2.97 bits per heavy atom. The molecular weight excluding hydrogens is 390 g/mol. The summed E-state index contributed by atoms with van der Waals surface area (Å²) >= 11 is 0. The molecule has 6 nitrogen and oxygen atoms in total. The van der Waals surface area contributed by atoms with Crippen LogP contribution in [0.1, 0.15) is 30.5 Å². The number of ether oxygens (including phenoxy) is 2. The second-order valence-corrected chi connectivity index (χ2v) is 7.57. The molecule has 1 unspecified atom stereocenters. The summed E-state index contributed by atoms with van der Waals surface area (Å²) in [6, 6.07) is 13.9. The van der Waals surface area contributed by atoms with Gasteiger partial charge in [0.15, 0.2) is 0 Å². The third-order valence-electron chi connectivity index (χ3n) is 5.11. The number of nitrogens with one attached hydrogen (secondary N) is 1. The van der Waals surface area contributed by atoms with E-state index in [2.05, 4.69) is 10.4 Å². The molecule has 0 saturated carbocycles. The first-order chi connectivity index (χ1) is 15.1. The van der Waals surface area contributed by atoms with Gasteiger partial charge in [-0.15, -0.1) is 0 Å². The van der Waals surface area contributed by atoms with Gasteiger partial charge in [-0.25, -0.2) is 4.68 Å². The smallest absolute Gasteiger partial charge is 0.244 e. The number of hydrogen-bond donors (Lipinski definition) is 1. The first kappa shape index (κ1) is 20.7. The van der Waals surface area contributed by atoms with Crippen LogP contribution in [-0.4, -0.2) is 34.9 Å². The lowest BCUT2D eigenvalue weighted by atomic mass is 10.1. The van der Waals surface area contributed by atoms with Crippen LogP contribution in [0.3, 0.4) is 0 Å². The van der Waals surface area contributed by atoms with Crippen LogP contribution in [0, 0.1) is 0 Å². The molecule has 1 aliphatic rings. The van der Waals surface area contributed by atoms with Crippen molar-refractivity contribution in [2.45, 2.75) is 32.8 Å². The Hall–Kier alpha value is -3.54. The summed E-state index contributed by atoms with van der Waals surface area (Å²) in [6.07, 6.45) is 8.88. The van der Waals surface area contributed by atoms with Gasteiger partial charge in [-0.1, -0.05) is 18.2 Å². The van der Waals surface area contributed by atoms with Crippen LogP contribution in [-0.2, 0) is 17.6 Å². The Morgan fingerprint density at radius 1 is 1.32 bits per heavy atom. The van der Waals surface area contributed by atoms with Crippen molar-refractivity contribution in [2.75, 3.05) is 13.2 Å². The highest BCUT2D eigenvalue weighted by molar-refractivity contribution is 5.92. The van der Waals surface area contributed by atoms with Gasteiger partial charge in [0.2, 0.25) is 5.91 Å². The first-order valence-electron chi connectivity index (χ1n) is 10.6. The maximum absolute atomic E-state index is 12.3. The predicted octanol–water partition coefficient (Wildman–Crippen LogP) is 3.97. The lowest BCUT2D eigenvalue weighted by Gasteiger charge is -2.10. The van der Waals surface area contributed by atoms with Gasteiger partial charge in [0, 0.05) is 36.4 Å². The molecule has 0 spiro atoms. The topological polar surface area (TPSA) is 65.4 Å². The molecule has 0 fully saturated rings. The predicted molar refractivity (Wildman–Crippen MR) is 121 cm³/mol. The van der Waals surface area contributed by atoms with E-state index in [1.54, 1.807) is 6.08 Å². The molecule has 6 heteroatoms. The summed E-state index contributed by atoms with van der Waals surface area (Å²) in [5.41, 5.74) is 4.07. The first-order valence-corrected chi connectivity index (χ1v) is 10.6. The molecule has 2 aromatic carbocycles. The summed E-state index contributed by atoms with van der Waals surface area (Å²) in [4.78, 5) is 12.3. The van der Waals surface area contributed by atoms with E-state index in [0.717, 1.165) is 40.3 Å². The molecule has 0 saturated heterocycles. The van der Waals surface area contributed by atoms with Crippen molar-refractivity contribution in [3.8, 4) is 17.2 Å². The molecular formula is C25H27N3O3. The van der Waals surface area contributed by atoms with E-state index in [1.807, 2.05) is 73.4 Å². The van der Waals surface area contributed by atoms with Crippen molar-refractivity contribution < 1.29 is 14.3 Å². The number of carbonyl (C=O) groups excluding carboxylic acids is 1. The van der Waals surface area contributed by atoms with Crippen LogP contribution in [0.25, 0.3) is 11.8 Å². The van der Waals surface area contributed by atoms with Gasteiger partial charge < -0.3 is 14.8 Å². The highest BCUT2D eigenvalue weighted by Crippen LogP contribution is 2.35. The lowest BCUT2D eigenvalue weighted by Crippen LogP contribution is -2.23. The molecule has 1 aromatic heterocycles. The number of nitrogens with zero attached hydrogens (tertiary/aromatic N) is 2. The van der Waals surface area contributed by atoms with Crippen molar-refractivity contribution in [3.05, 3.63) is 77.6 Å². The highest BCUT2D eigenvalue weighted by Gasteiger charge is 2.21. The number of para-hydroxylation sites is 1. The van der Waals surface area contributed by atoms with E-state index in [1.165, 1.54) is 6.08 Å². The second kappa shape index (κ2) is 9.51. The van der Waals surface area contributed by atoms with Gasteiger partial charge in [-0.2, -0.15) is 5.10 Å². The second-order valence-electron chi connectivity index (χ2n) is 7.57. The Bertz CT molecular complexity index is 1070. The Morgan fingerprint density at radius 2 is 2.16 bits per heavy atom. The van der Waals surface area contributed by atoms with Crippen LogP contribution in [0.2, 0.25) is 0 Å². The van der Waals surface area contributed by atoms with Crippen molar-refractivity contribution in [2.24, 2.45) is 0 Å². The van der Waals surface area contributed by atoms with Gasteiger partial charge in [0.05, 0.1) is 18.5 Å². The maximum Gasteiger partial charge on any atom is 0.244 e. The van der Waals surface area contributed by atoms with Crippen molar-refractivity contribution in [3.63, 3.8) is 0 Å². The zero-order valence-electron chi connectivity index (χ0n) is 17.9. The summed E-state index contributed by atoms with van der Waals surface area (Å²) < 4.78 is 13.4. The summed E-state index contributed by atoms with van der Waals surface area (Å²) in [5, 5.41) is 7.31. The number of rotatable bonds is 8. The third-order valence-corrected chi connectivity index (χ3v) is 5.11. The Labute approximate surface area is 182 Å². The largest absolute Gasteiger partial charge is 0.493 e. The quantitative estimate of drug-likeness (QED) is 0.564. The zero-order valence-corrected chi connectivity index (χ0v) is 17.9. The molecule has 0 aliphatic carbocycles. The third kappa shape index (κ3) is 5.15. The molecule has 0 radical (unpaired) electrons.